The minimum absolute atomic E-state index is 0.0407. The van der Waals surface area contributed by atoms with Crippen LogP contribution in [0.15, 0.2) is 12.1 Å². The standard InChI is InChI=1S/C25H34N2O4/c1-30-21-13-19(25(29)27-6-4-3-5-7-27)20(14-22(21)31-2)26-24(28)23-17-9-15-8-16(11-17)12-18(23)10-15/h13-18,23H,3-12H2,1-2H3,(H,26,28). The van der Waals surface area contributed by atoms with Crippen LogP contribution in [-0.4, -0.2) is 44.0 Å². The number of benzene rings is 1. The van der Waals surface area contributed by atoms with Gasteiger partial charge in [-0.15, -0.1) is 0 Å². The number of anilines is 1. The molecule has 0 atom stereocenters. The number of hydrogen-bond acceptors (Lipinski definition) is 4. The van der Waals surface area contributed by atoms with Crippen LogP contribution in [0.4, 0.5) is 5.69 Å². The maximum atomic E-state index is 13.5. The minimum Gasteiger partial charge on any atom is -0.493 e. The fourth-order valence-electron chi connectivity index (χ4n) is 7.00. The van der Waals surface area contributed by atoms with E-state index in [0.717, 1.165) is 44.2 Å². The Kier molecular flexibility index (Phi) is 5.57. The van der Waals surface area contributed by atoms with Crippen LogP contribution in [0.3, 0.4) is 0 Å². The molecule has 1 aromatic rings. The molecule has 0 aromatic heterocycles. The predicted molar refractivity (Wildman–Crippen MR) is 118 cm³/mol. The molecule has 0 unspecified atom stereocenters. The Morgan fingerprint density at radius 2 is 1.45 bits per heavy atom. The number of ether oxygens (including phenoxy) is 2. The van der Waals surface area contributed by atoms with Gasteiger partial charge in [0.05, 0.1) is 25.5 Å². The molecule has 0 radical (unpaired) electrons. The van der Waals surface area contributed by atoms with Gasteiger partial charge in [-0.3, -0.25) is 9.59 Å². The zero-order valence-electron chi connectivity index (χ0n) is 18.7. The quantitative estimate of drug-likeness (QED) is 0.761. The zero-order chi connectivity index (χ0) is 21.5. The largest absolute Gasteiger partial charge is 0.493 e. The maximum absolute atomic E-state index is 13.5. The highest BCUT2D eigenvalue weighted by Gasteiger charge is 2.50. The zero-order valence-corrected chi connectivity index (χ0v) is 18.7. The fourth-order valence-corrected chi connectivity index (χ4v) is 7.00. The van der Waals surface area contributed by atoms with Gasteiger partial charge in [-0.05, 0) is 81.1 Å². The molecule has 5 fully saturated rings. The lowest BCUT2D eigenvalue weighted by Crippen LogP contribution is -2.49. The van der Waals surface area contributed by atoms with Crippen molar-refractivity contribution in [2.24, 2.45) is 29.6 Å². The number of methoxy groups -OCH3 is 2. The highest BCUT2D eigenvalue weighted by Crippen LogP contribution is 2.56. The summed E-state index contributed by atoms with van der Waals surface area (Å²) in [7, 11) is 3.15. The van der Waals surface area contributed by atoms with Crippen LogP contribution in [0.5, 0.6) is 11.5 Å². The molecule has 1 N–H and O–H groups in total. The number of nitrogens with one attached hydrogen (secondary N) is 1. The molecule has 2 amide bonds. The van der Waals surface area contributed by atoms with Crippen molar-refractivity contribution in [1.82, 2.24) is 4.90 Å². The number of carbonyl (C=O) groups excluding carboxylic acids is 2. The third-order valence-electron chi connectivity index (χ3n) is 8.18. The first-order chi connectivity index (χ1) is 15.1. The summed E-state index contributed by atoms with van der Waals surface area (Å²) in [5, 5.41) is 3.16. The molecule has 5 aliphatic rings. The third-order valence-corrected chi connectivity index (χ3v) is 8.18. The summed E-state index contributed by atoms with van der Waals surface area (Å²) in [6, 6.07) is 3.48. The number of piperidine rings is 1. The second kappa shape index (κ2) is 8.36. The van der Waals surface area contributed by atoms with Gasteiger partial charge in [0.15, 0.2) is 11.5 Å². The van der Waals surface area contributed by atoms with Gasteiger partial charge in [-0.25, -0.2) is 0 Å². The van der Waals surface area contributed by atoms with E-state index in [-0.39, 0.29) is 17.7 Å². The Morgan fingerprint density at radius 3 is 2.03 bits per heavy atom. The smallest absolute Gasteiger partial charge is 0.256 e. The first kappa shape index (κ1) is 20.7. The van der Waals surface area contributed by atoms with Crippen LogP contribution >= 0.6 is 0 Å². The lowest BCUT2D eigenvalue weighted by molar-refractivity contribution is -0.132. The van der Waals surface area contributed by atoms with Gasteiger partial charge >= 0.3 is 0 Å². The van der Waals surface area contributed by atoms with E-state index in [0.29, 0.717) is 34.6 Å². The van der Waals surface area contributed by atoms with E-state index >= 15 is 0 Å². The topological polar surface area (TPSA) is 67.9 Å². The van der Waals surface area contributed by atoms with Gasteiger partial charge < -0.3 is 19.7 Å². The molecule has 6 heteroatoms. The van der Waals surface area contributed by atoms with Crippen molar-refractivity contribution in [3.8, 4) is 11.5 Å². The third kappa shape index (κ3) is 3.79. The molecule has 4 saturated carbocycles. The lowest BCUT2D eigenvalue weighted by Gasteiger charge is -2.53. The Balaban J connectivity index is 1.43. The van der Waals surface area contributed by atoms with Crippen LogP contribution in [0.1, 0.15) is 61.7 Å². The molecule has 1 heterocycles. The SMILES string of the molecule is COc1cc(NC(=O)C2C3CC4CC(C3)CC2C4)c(C(=O)N2CCCCC2)cc1OC. The van der Waals surface area contributed by atoms with E-state index in [1.807, 2.05) is 4.90 Å². The monoisotopic (exact) mass is 426 g/mol. The number of nitrogens with zero attached hydrogens (tertiary/aromatic N) is 1. The number of likely N-dealkylation sites (tertiary alicyclic amines) is 1. The molecule has 4 bridgehead atoms. The van der Waals surface area contributed by atoms with Crippen molar-refractivity contribution in [1.29, 1.82) is 0 Å². The number of carbonyl (C=O) groups is 2. The summed E-state index contributed by atoms with van der Waals surface area (Å²) in [5.41, 5.74) is 1.05. The van der Waals surface area contributed by atoms with Crippen LogP contribution in [0.2, 0.25) is 0 Å². The molecule has 1 saturated heterocycles. The Hall–Kier alpha value is -2.24. The van der Waals surface area contributed by atoms with Gasteiger partial charge in [0, 0.05) is 25.1 Å². The number of amides is 2. The molecule has 6 rings (SSSR count). The summed E-state index contributed by atoms with van der Waals surface area (Å²) in [6.45, 7) is 1.52. The van der Waals surface area contributed by atoms with E-state index in [2.05, 4.69) is 5.32 Å². The maximum Gasteiger partial charge on any atom is 0.256 e. The van der Waals surface area contributed by atoms with Gasteiger partial charge in [0.2, 0.25) is 5.91 Å². The lowest BCUT2D eigenvalue weighted by atomic mass is 9.51. The summed E-state index contributed by atoms with van der Waals surface area (Å²) >= 11 is 0. The Bertz CT molecular complexity index is 833. The minimum atomic E-state index is -0.0407. The van der Waals surface area contributed by atoms with Gasteiger partial charge in [-0.2, -0.15) is 0 Å². The molecule has 31 heavy (non-hydrogen) atoms. The van der Waals surface area contributed by atoms with E-state index in [1.165, 1.54) is 32.1 Å². The highest BCUT2D eigenvalue weighted by molar-refractivity contribution is 6.05. The average Bonchev–Trinajstić information content (AvgIpc) is 2.78. The highest BCUT2D eigenvalue weighted by atomic mass is 16.5. The summed E-state index contributed by atoms with van der Waals surface area (Å²) in [6.07, 6.45) is 9.33. The molecule has 6 nitrogen and oxygen atoms in total. The second-order valence-electron chi connectivity index (χ2n) is 10.1. The molecule has 1 aliphatic heterocycles. The summed E-state index contributed by atoms with van der Waals surface area (Å²) < 4.78 is 10.9. The van der Waals surface area contributed by atoms with Crippen LogP contribution in [0.25, 0.3) is 0 Å². The Labute approximate surface area is 184 Å². The van der Waals surface area contributed by atoms with Gasteiger partial charge in [0.1, 0.15) is 0 Å². The fraction of sp³-hybridized carbons (Fsp3) is 0.680. The predicted octanol–water partition coefficient (Wildman–Crippen LogP) is 4.34. The molecular formula is C25H34N2O4. The first-order valence-corrected chi connectivity index (χ1v) is 11.9. The van der Waals surface area contributed by atoms with Gasteiger partial charge in [-0.1, -0.05) is 0 Å². The van der Waals surface area contributed by atoms with Crippen molar-refractivity contribution < 1.29 is 19.1 Å². The van der Waals surface area contributed by atoms with Crippen molar-refractivity contribution in [3.05, 3.63) is 17.7 Å². The van der Waals surface area contributed by atoms with Crippen molar-refractivity contribution >= 4 is 17.5 Å². The average molecular weight is 427 g/mol. The summed E-state index contributed by atoms with van der Waals surface area (Å²) in [5.74, 6) is 3.78. The molecule has 0 spiro atoms. The molecule has 1 aromatic carbocycles. The van der Waals surface area contributed by atoms with E-state index < -0.39 is 0 Å². The van der Waals surface area contributed by atoms with Crippen molar-refractivity contribution in [2.45, 2.75) is 51.4 Å². The Morgan fingerprint density at radius 1 is 0.871 bits per heavy atom. The van der Waals surface area contributed by atoms with Crippen LogP contribution in [-0.2, 0) is 4.79 Å². The molecule has 4 aliphatic carbocycles. The van der Waals surface area contributed by atoms with Gasteiger partial charge in [0.25, 0.3) is 5.91 Å². The van der Waals surface area contributed by atoms with Crippen LogP contribution < -0.4 is 14.8 Å². The molecule has 168 valence electrons. The molecular weight excluding hydrogens is 392 g/mol. The van der Waals surface area contributed by atoms with Crippen molar-refractivity contribution in [3.63, 3.8) is 0 Å². The second-order valence-corrected chi connectivity index (χ2v) is 10.1. The normalized spacial score (nSPS) is 31.4. The van der Waals surface area contributed by atoms with E-state index in [9.17, 15) is 9.59 Å². The van der Waals surface area contributed by atoms with E-state index in [1.54, 1.807) is 26.4 Å². The van der Waals surface area contributed by atoms with Crippen LogP contribution in [0, 0.1) is 29.6 Å². The van der Waals surface area contributed by atoms with Crippen molar-refractivity contribution in [2.75, 3.05) is 32.6 Å². The summed E-state index contributed by atoms with van der Waals surface area (Å²) in [4.78, 5) is 28.8. The number of hydrogen-bond donors (Lipinski definition) is 1. The first-order valence-electron chi connectivity index (χ1n) is 11.9. The number of rotatable bonds is 5. The van der Waals surface area contributed by atoms with E-state index in [4.69, 9.17) is 9.47 Å².